The van der Waals surface area contributed by atoms with E-state index < -0.39 is 18.7 Å². The van der Waals surface area contributed by atoms with Crippen LogP contribution < -0.4 is 4.90 Å². The van der Waals surface area contributed by atoms with Crippen molar-refractivity contribution in [3.05, 3.63) is 10.6 Å². The van der Waals surface area contributed by atoms with Gasteiger partial charge in [0.2, 0.25) is 0 Å². The van der Waals surface area contributed by atoms with E-state index in [0.29, 0.717) is 43.9 Å². The standard InChI is InChI=1S/C18H29N3O6S/c1-5-9-20-10-23-11-21(18(20)22)17-19-12-13(24-6-2)15(25-7-3)27-16(26-8-4)14(12)28-17/h13,15-16H,5-11H2,1-4H3. The van der Waals surface area contributed by atoms with Gasteiger partial charge in [-0.15, -0.1) is 0 Å². The van der Waals surface area contributed by atoms with Gasteiger partial charge < -0.3 is 28.6 Å². The van der Waals surface area contributed by atoms with Crippen LogP contribution in [0, 0.1) is 0 Å². The van der Waals surface area contributed by atoms with E-state index in [1.54, 1.807) is 9.80 Å². The smallest absolute Gasteiger partial charge is 0.330 e. The van der Waals surface area contributed by atoms with Gasteiger partial charge in [0.1, 0.15) is 13.5 Å². The summed E-state index contributed by atoms with van der Waals surface area (Å²) in [6, 6.07) is -0.109. The van der Waals surface area contributed by atoms with E-state index in [0.717, 1.165) is 11.3 Å². The summed E-state index contributed by atoms with van der Waals surface area (Å²) in [6.45, 7) is 10.3. The Balaban J connectivity index is 1.93. The Labute approximate surface area is 169 Å². The third-order valence-electron chi connectivity index (χ3n) is 4.35. The van der Waals surface area contributed by atoms with Crippen LogP contribution in [-0.2, 0) is 23.7 Å². The van der Waals surface area contributed by atoms with Crippen LogP contribution in [0.4, 0.5) is 9.93 Å². The molecule has 0 N–H and O–H groups in total. The number of aromatic nitrogens is 1. The molecular formula is C18H29N3O6S. The van der Waals surface area contributed by atoms with Gasteiger partial charge in [0.15, 0.2) is 23.8 Å². The Kier molecular flexibility index (Phi) is 7.61. The van der Waals surface area contributed by atoms with Gasteiger partial charge in [0.25, 0.3) is 0 Å². The lowest BCUT2D eigenvalue weighted by atomic mass is 10.1. The first-order valence-corrected chi connectivity index (χ1v) is 10.6. The highest BCUT2D eigenvalue weighted by molar-refractivity contribution is 7.16. The lowest BCUT2D eigenvalue weighted by Crippen LogP contribution is -2.50. The molecule has 1 fully saturated rings. The summed E-state index contributed by atoms with van der Waals surface area (Å²) in [5, 5.41) is 0.547. The molecule has 1 aromatic rings. The van der Waals surface area contributed by atoms with Gasteiger partial charge in [0, 0.05) is 26.4 Å². The highest BCUT2D eigenvalue weighted by Gasteiger charge is 2.42. The highest BCUT2D eigenvalue weighted by Crippen LogP contribution is 2.44. The monoisotopic (exact) mass is 415 g/mol. The number of carbonyl (C=O) groups is 1. The Bertz CT molecular complexity index is 655. The third-order valence-corrected chi connectivity index (χ3v) is 5.46. The zero-order valence-corrected chi connectivity index (χ0v) is 17.7. The summed E-state index contributed by atoms with van der Waals surface area (Å²) in [4.78, 5) is 21.6. The summed E-state index contributed by atoms with van der Waals surface area (Å²) >= 11 is 1.37. The second kappa shape index (κ2) is 9.95. The SMILES string of the molecule is CCCN1COCN(c2nc3c(s2)C(OCC)OC(OCC)C3OCC)C1=O. The quantitative estimate of drug-likeness (QED) is 0.612. The fourth-order valence-corrected chi connectivity index (χ4v) is 4.26. The molecule has 0 bridgehead atoms. The molecule has 2 aliphatic rings. The molecule has 2 aliphatic heterocycles. The zero-order valence-electron chi connectivity index (χ0n) is 16.9. The number of fused-ring (bicyclic) bond motifs is 1. The van der Waals surface area contributed by atoms with Gasteiger partial charge in [-0.2, -0.15) is 0 Å². The number of amides is 2. The van der Waals surface area contributed by atoms with Crippen molar-refractivity contribution < 1.29 is 28.5 Å². The van der Waals surface area contributed by atoms with Crippen LogP contribution in [0.15, 0.2) is 0 Å². The lowest BCUT2D eigenvalue weighted by Gasteiger charge is -2.34. The number of hydrogen-bond donors (Lipinski definition) is 0. The van der Waals surface area contributed by atoms with Gasteiger partial charge in [-0.05, 0) is 27.2 Å². The Morgan fingerprint density at radius 2 is 1.86 bits per heavy atom. The number of rotatable bonds is 9. The molecule has 3 rings (SSSR count). The van der Waals surface area contributed by atoms with Gasteiger partial charge in [0.05, 0.1) is 10.6 Å². The molecule has 10 heteroatoms. The van der Waals surface area contributed by atoms with Gasteiger partial charge in [-0.3, -0.25) is 0 Å². The maximum atomic E-state index is 12.8. The average Bonchev–Trinajstić information content (AvgIpc) is 3.12. The number of thiazole rings is 1. The third kappa shape index (κ3) is 4.32. The molecule has 2 amide bonds. The first-order valence-electron chi connectivity index (χ1n) is 9.79. The summed E-state index contributed by atoms with van der Waals surface area (Å²) in [7, 11) is 0. The molecule has 0 saturated carbocycles. The van der Waals surface area contributed by atoms with Crippen molar-refractivity contribution in [3.63, 3.8) is 0 Å². The minimum atomic E-state index is -0.617. The molecule has 0 aromatic carbocycles. The van der Waals surface area contributed by atoms with E-state index in [1.807, 2.05) is 27.7 Å². The van der Waals surface area contributed by atoms with E-state index in [-0.39, 0.29) is 12.8 Å². The number of urea groups is 1. The fraction of sp³-hybridized carbons (Fsp3) is 0.778. The van der Waals surface area contributed by atoms with Crippen LogP contribution in [0.25, 0.3) is 0 Å². The Morgan fingerprint density at radius 3 is 2.54 bits per heavy atom. The van der Waals surface area contributed by atoms with Crippen molar-refractivity contribution in [2.75, 3.05) is 44.7 Å². The van der Waals surface area contributed by atoms with E-state index >= 15 is 0 Å². The largest absolute Gasteiger partial charge is 0.367 e. The summed E-state index contributed by atoms with van der Waals surface area (Å²) < 4.78 is 29.0. The molecule has 1 saturated heterocycles. The molecule has 3 atom stereocenters. The normalized spacial score (nSPS) is 25.3. The summed E-state index contributed by atoms with van der Waals surface area (Å²) in [5.74, 6) is 0. The second-order valence-electron chi connectivity index (χ2n) is 6.31. The molecule has 28 heavy (non-hydrogen) atoms. The predicted octanol–water partition coefficient (Wildman–Crippen LogP) is 3.23. The predicted molar refractivity (Wildman–Crippen MR) is 103 cm³/mol. The molecule has 9 nitrogen and oxygen atoms in total. The van der Waals surface area contributed by atoms with Crippen LogP contribution in [0.3, 0.4) is 0 Å². The molecule has 3 unspecified atom stereocenters. The van der Waals surface area contributed by atoms with E-state index in [2.05, 4.69) is 0 Å². The molecule has 1 aromatic heterocycles. The number of ether oxygens (including phenoxy) is 5. The van der Waals surface area contributed by atoms with Crippen LogP contribution in [-0.4, -0.2) is 62.0 Å². The van der Waals surface area contributed by atoms with E-state index in [1.165, 1.54) is 11.3 Å². The minimum absolute atomic E-state index is 0.109. The first kappa shape index (κ1) is 21.4. The van der Waals surface area contributed by atoms with E-state index in [4.69, 9.17) is 28.7 Å². The van der Waals surface area contributed by atoms with Crippen LogP contribution in [0.5, 0.6) is 0 Å². The molecule has 3 heterocycles. The molecular weight excluding hydrogens is 386 g/mol. The summed E-state index contributed by atoms with van der Waals surface area (Å²) in [6.07, 6.45) is -0.838. The average molecular weight is 416 g/mol. The van der Waals surface area contributed by atoms with Crippen molar-refractivity contribution in [2.24, 2.45) is 0 Å². The number of carbonyl (C=O) groups excluding carboxylic acids is 1. The van der Waals surface area contributed by atoms with Gasteiger partial charge in [-0.1, -0.05) is 18.3 Å². The van der Waals surface area contributed by atoms with Gasteiger partial charge in [-0.25, -0.2) is 14.7 Å². The maximum Gasteiger partial charge on any atom is 0.330 e. The van der Waals surface area contributed by atoms with Crippen LogP contribution in [0.1, 0.15) is 57.1 Å². The minimum Gasteiger partial charge on any atom is -0.367 e. The lowest BCUT2D eigenvalue weighted by molar-refractivity contribution is -0.293. The van der Waals surface area contributed by atoms with Crippen LogP contribution >= 0.6 is 11.3 Å². The topological polar surface area (TPSA) is 82.6 Å². The van der Waals surface area contributed by atoms with Crippen molar-refractivity contribution in [3.8, 4) is 0 Å². The van der Waals surface area contributed by atoms with Crippen molar-refractivity contribution in [2.45, 2.75) is 52.8 Å². The van der Waals surface area contributed by atoms with Crippen molar-refractivity contribution in [1.29, 1.82) is 0 Å². The fourth-order valence-electron chi connectivity index (χ4n) is 3.19. The van der Waals surface area contributed by atoms with Crippen LogP contribution in [0.2, 0.25) is 0 Å². The van der Waals surface area contributed by atoms with Crippen molar-refractivity contribution >= 4 is 22.5 Å². The second-order valence-corrected chi connectivity index (χ2v) is 7.31. The maximum absolute atomic E-state index is 12.8. The number of nitrogens with zero attached hydrogens (tertiary/aromatic N) is 3. The van der Waals surface area contributed by atoms with Gasteiger partial charge >= 0.3 is 6.03 Å². The molecule has 0 aliphatic carbocycles. The zero-order chi connectivity index (χ0) is 20.1. The first-order chi connectivity index (χ1) is 13.6. The Morgan fingerprint density at radius 1 is 1.11 bits per heavy atom. The number of hydrogen-bond acceptors (Lipinski definition) is 8. The number of anilines is 1. The Hall–Kier alpha value is -1.30. The molecule has 158 valence electrons. The van der Waals surface area contributed by atoms with E-state index in [9.17, 15) is 4.79 Å². The highest BCUT2D eigenvalue weighted by atomic mass is 32.1. The summed E-state index contributed by atoms with van der Waals surface area (Å²) in [5.41, 5.74) is 0.699. The molecule has 0 radical (unpaired) electrons. The van der Waals surface area contributed by atoms with Crippen molar-refractivity contribution in [1.82, 2.24) is 9.88 Å². The molecule has 0 spiro atoms.